The van der Waals surface area contributed by atoms with Crippen molar-refractivity contribution in [2.24, 2.45) is 0 Å². The summed E-state index contributed by atoms with van der Waals surface area (Å²) in [6.45, 7) is 3.27. The minimum atomic E-state index is -0.964. The summed E-state index contributed by atoms with van der Waals surface area (Å²) in [5.41, 5.74) is 4.26. The number of aromatic carboxylic acids is 1. The van der Waals surface area contributed by atoms with Gasteiger partial charge in [-0.25, -0.2) is 4.79 Å². The average Bonchev–Trinajstić information content (AvgIpc) is 3.25. The Hall–Kier alpha value is -2.86. The number of rotatable bonds is 5. The van der Waals surface area contributed by atoms with Crippen LogP contribution in [0, 0.1) is 6.92 Å². The zero-order valence-corrected chi connectivity index (χ0v) is 15.0. The number of aryl methyl sites for hydroxylation is 1. The first-order valence-electron chi connectivity index (χ1n) is 8.35. The van der Waals surface area contributed by atoms with E-state index in [1.807, 2.05) is 0 Å². The van der Waals surface area contributed by atoms with Gasteiger partial charge in [-0.1, -0.05) is 12.1 Å². The molecule has 2 N–H and O–H groups in total. The molecular weight excluding hydrogens is 348 g/mol. The maximum absolute atomic E-state index is 11.3. The quantitative estimate of drug-likeness (QED) is 0.700. The summed E-state index contributed by atoms with van der Waals surface area (Å²) in [6, 6.07) is 9.99. The van der Waals surface area contributed by atoms with Crippen LogP contribution in [0.15, 0.2) is 48.1 Å². The summed E-state index contributed by atoms with van der Waals surface area (Å²) in [5.74, 6) is 0.113. The molecule has 26 heavy (non-hydrogen) atoms. The monoisotopic (exact) mass is 366 g/mol. The van der Waals surface area contributed by atoms with Gasteiger partial charge in [-0.2, -0.15) is 0 Å². The normalized spacial score (nSPS) is 15.3. The Kier molecular flexibility index (Phi) is 4.34. The van der Waals surface area contributed by atoms with Gasteiger partial charge < -0.3 is 15.2 Å². The average molecular weight is 366 g/mol. The third-order valence-electron chi connectivity index (χ3n) is 4.55. The Labute approximate surface area is 155 Å². The highest BCUT2D eigenvalue weighted by molar-refractivity contribution is 7.10. The van der Waals surface area contributed by atoms with E-state index in [2.05, 4.69) is 46.9 Å². The molecule has 6 heteroatoms. The molecule has 1 aromatic carbocycles. The van der Waals surface area contributed by atoms with Crippen LogP contribution in [-0.4, -0.2) is 29.2 Å². The summed E-state index contributed by atoms with van der Waals surface area (Å²) in [5, 5.41) is 14.6. The lowest BCUT2D eigenvalue weighted by Gasteiger charge is -2.13. The number of nitrogens with zero attached hydrogens (tertiary/aromatic N) is 1. The summed E-state index contributed by atoms with van der Waals surface area (Å²) >= 11 is 1.74. The largest absolute Gasteiger partial charge is 0.493 e. The Bertz CT molecular complexity index is 967. The van der Waals surface area contributed by atoms with Crippen LogP contribution in [0.5, 0.6) is 5.75 Å². The van der Waals surface area contributed by atoms with Crippen molar-refractivity contribution in [3.05, 3.63) is 64.1 Å². The number of carboxylic acids is 1. The Morgan fingerprint density at radius 2 is 2.23 bits per heavy atom. The van der Waals surface area contributed by atoms with Crippen molar-refractivity contribution < 1.29 is 14.6 Å². The van der Waals surface area contributed by atoms with Crippen molar-refractivity contribution in [1.29, 1.82) is 0 Å². The van der Waals surface area contributed by atoms with Crippen LogP contribution in [0.25, 0.3) is 11.1 Å². The topological polar surface area (TPSA) is 71.5 Å². The third kappa shape index (κ3) is 3.15. The molecule has 3 aromatic rings. The maximum Gasteiger partial charge on any atom is 0.337 e. The van der Waals surface area contributed by atoms with Crippen molar-refractivity contribution in [3.8, 4) is 16.9 Å². The highest BCUT2D eigenvalue weighted by atomic mass is 32.1. The van der Waals surface area contributed by atoms with E-state index in [1.54, 1.807) is 17.5 Å². The van der Waals surface area contributed by atoms with Crippen molar-refractivity contribution in [1.82, 2.24) is 4.98 Å². The number of carbonyl (C=O) groups is 1. The zero-order chi connectivity index (χ0) is 18.1. The lowest BCUT2D eigenvalue weighted by atomic mass is 9.98. The first kappa shape index (κ1) is 16.6. The van der Waals surface area contributed by atoms with Crippen molar-refractivity contribution in [2.75, 3.05) is 18.5 Å². The van der Waals surface area contributed by atoms with Crippen LogP contribution >= 0.6 is 11.3 Å². The summed E-state index contributed by atoms with van der Waals surface area (Å²) in [4.78, 5) is 16.6. The smallest absolute Gasteiger partial charge is 0.337 e. The minimum absolute atomic E-state index is 0.171. The fourth-order valence-electron chi connectivity index (χ4n) is 3.18. The second-order valence-electron chi connectivity index (χ2n) is 6.31. The van der Waals surface area contributed by atoms with Crippen LogP contribution in [0.1, 0.15) is 26.7 Å². The van der Waals surface area contributed by atoms with E-state index < -0.39 is 5.97 Å². The van der Waals surface area contributed by atoms with Gasteiger partial charge in [-0.3, -0.25) is 4.98 Å². The van der Waals surface area contributed by atoms with E-state index in [0.29, 0.717) is 18.8 Å². The van der Waals surface area contributed by atoms with Crippen LogP contribution < -0.4 is 10.1 Å². The highest BCUT2D eigenvalue weighted by Crippen LogP contribution is 2.38. The number of ether oxygens (including phenoxy) is 1. The zero-order valence-electron chi connectivity index (χ0n) is 14.2. The number of anilines is 1. The number of fused-ring (bicyclic) bond motifs is 1. The van der Waals surface area contributed by atoms with E-state index in [1.165, 1.54) is 22.7 Å². The van der Waals surface area contributed by atoms with Crippen LogP contribution in [0.4, 0.5) is 5.69 Å². The Balaban J connectivity index is 1.51. The fourth-order valence-corrected chi connectivity index (χ4v) is 3.89. The molecule has 0 amide bonds. The van der Waals surface area contributed by atoms with E-state index in [-0.39, 0.29) is 11.5 Å². The predicted octanol–water partition coefficient (Wildman–Crippen LogP) is 4.40. The molecule has 1 aliphatic heterocycles. The molecule has 5 nitrogen and oxygen atoms in total. The summed E-state index contributed by atoms with van der Waals surface area (Å²) in [7, 11) is 0. The summed E-state index contributed by atoms with van der Waals surface area (Å²) < 4.78 is 5.88. The molecule has 0 saturated carbocycles. The number of hydrogen-bond donors (Lipinski definition) is 2. The van der Waals surface area contributed by atoms with Crippen molar-refractivity contribution >= 4 is 23.0 Å². The molecular formula is C20H18N2O3S. The highest BCUT2D eigenvalue weighted by Gasteiger charge is 2.25. The first-order valence-corrected chi connectivity index (χ1v) is 9.23. The van der Waals surface area contributed by atoms with Gasteiger partial charge in [0.15, 0.2) is 0 Å². The van der Waals surface area contributed by atoms with Gasteiger partial charge in [0.25, 0.3) is 0 Å². The third-order valence-corrected chi connectivity index (χ3v) is 5.41. The van der Waals surface area contributed by atoms with Crippen LogP contribution in [0.2, 0.25) is 0 Å². The molecule has 132 valence electrons. The van der Waals surface area contributed by atoms with Crippen LogP contribution in [-0.2, 0) is 0 Å². The number of nitrogens with one attached hydrogen (secondary N) is 1. The molecule has 1 unspecified atom stereocenters. The fraction of sp³-hybridized carbons (Fsp3) is 0.200. The maximum atomic E-state index is 11.3. The minimum Gasteiger partial charge on any atom is -0.493 e. The molecule has 0 fully saturated rings. The van der Waals surface area contributed by atoms with Gasteiger partial charge in [0.05, 0.1) is 24.1 Å². The molecule has 0 aliphatic carbocycles. The molecule has 0 bridgehead atoms. The SMILES string of the molecule is Cc1cc(-c2ccc3c(c2)OCC3CNc2cnccc2C(=O)O)cs1. The van der Waals surface area contributed by atoms with Gasteiger partial charge in [-0.15, -0.1) is 11.3 Å². The molecule has 1 aliphatic rings. The number of benzene rings is 1. The number of pyridine rings is 1. The van der Waals surface area contributed by atoms with Gasteiger partial charge >= 0.3 is 5.97 Å². The number of aromatic nitrogens is 1. The summed E-state index contributed by atoms with van der Waals surface area (Å²) in [6.07, 6.45) is 3.03. The Morgan fingerprint density at radius 3 is 3.00 bits per heavy atom. The van der Waals surface area contributed by atoms with Gasteiger partial charge in [0, 0.05) is 29.1 Å². The van der Waals surface area contributed by atoms with Gasteiger partial charge in [-0.05, 0) is 41.6 Å². The molecule has 0 radical (unpaired) electrons. The molecule has 1 atom stereocenters. The lowest BCUT2D eigenvalue weighted by Crippen LogP contribution is -2.16. The standard InChI is InChI=1S/C20H18N2O3S/c1-12-6-14(11-26-12)13-2-3-16-15(10-25-19(16)7-13)8-22-18-9-21-5-4-17(18)20(23)24/h2-7,9,11,15,22H,8,10H2,1H3,(H,23,24). The van der Waals surface area contributed by atoms with Crippen molar-refractivity contribution in [3.63, 3.8) is 0 Å². The molecule has 3 heterocycles. The number of carboxylic acid groups (broad SMARTS) is 1. The molecule has 0 saturated heterocycles. The number of thiophene rings is 1. The molecule has 2 aromatic heterocycles. The van der Waals surface area contributed by atoms with Crippen molar-refractivity contribution in [2.45, 2.75) is 12.8 Å². The van der Waals surface area contributed by atoms with Crippen LogP contribution in [0.3, 0.4) is 0 Å². The Morgan fingerprint density at radius 1 is 1.35 bits per heavy atom. The molecule has 0 spiro atoms. The van der Waals surface area contributed by atoms with E-state index in [0.717, 1.165) is 16.9 Å². The number of hydrogen-bond acceptors (Lipinski definition) is 5. The molecule has 4 rings (SSSR count). The van der Waals surface area contributed by atoms with E-state index >= 15 is 0 Å². The van der Waals surface area contributed by atoms with E-state index in [9.17, 15) is 9.90 Å². The second kappa shape index (κ2) is 6.80. The van der Waals surface area contributed by atoms with Gasteiger partial charge in [0.2, 0.25) is 0 Å². The van der Waals surface area contributed by atoms with E-state index in [4.69, 9.17) is 4.74 Å². The van der Waals surface area contributed by atoms with Gasteiger partial charge in [0.1, 0.15) is 5.75 Å². The second-order valence-corrected chi connectivity index (χ2v) is 7.43. The first-order chi connectivity index (χ1) is 12.6. The lowest BCUT2D eigenvalue weighted by molar-refractivity contribution is 0.0698. The predicted molar refractivity (Wildman–Crippen MR) is 102 cm³/mol.